The lowest BCUT2D eigenvalue weighted by atomic mass is 10.3. The molecular weight excluding hydrogens is 248 g/mol. The summed E-state index contributed by atoms with van der Waals surface area (Å²) < 4.78 is 0. The highest BCUT2D eigenvalue weighted by molar-refractivity contribution is 7.14. The zero-order valence-corrected chi connectivity index (χ0v) is 10.9. The molecule has 96 valence electrons. The fourth-order valence-corrected chi connectivity index (χ4v) is 2.82. The summed E-state index contributed by atoms with van der Waals surface area (Å²) in [6, 6.07) is 6.54. The summed E-state index contributed by atoms with van der Waals surface area (Å²) >= 11 is 1.46. The molecule has 1 amide bonds. The van der Waals surface area contributed by atoms with Gasteiger partial charge in [0.05, 0.1) is 10.9 Å². The number of nitrogens with zero attached hydrogens (tertiary/aromatic N) is 2. The van der Waals surface area contributed by atoms with Crippen LogP contribution in [0.4, 0.5) is 0 Å². The summed E-state index contributed by atoms with van der Waals surface area (Å²) in [5.74, 6) is 4.85. The lowest BCUT2D eigenvalue weighted by Gasteiger charge is -2.19. The molecule has 3 N–H and O–H groups in total. The highest BCUT2D eigenvalue weighted by Gasteiger charge is 2.28. The van der Waals surface area contributed by atoms with E-state index in [1.54, 1.807) is 6.07 Å². The van der Waals surface area contributed by atoms with Gasteiger partial charge >= 0.3 is 0 Å². The van der Waals surface area contributed by atoms with Crippen LogP contribution in [0.3, 0.4) is 0 Å². The predicted octanol–water partition coefficient (Wildman–Crippen LogP) is 1.23. The maximum absolute atomic E-state index is 11.3. The number of amides is 1. The smallest absolute Gasteiger partial charge is 0.275 e. The molecule has 18 heavy (non-hydrogen) atoms. The van der Waals surface area contributed by atoms with E-state index in [4.69, 9.17) is 11.1 Å². The van der Waals surface area contributed by atoms with Crippen molar-refractivity contribution in [3.05, 3.63) is 21.9 Å². The molecule has 0 bridgehead atoms. The van der Waals surface area contributed by atoms with E-state index < -0.39 is 0 Å². The van der Waals surface area contributed by atoms with E-state index in [0.717, 1.165) is 18.0 Å². The van der Waals surface area contributed by atoms with Crippen molar-refractivity contribution in [1.29, 1.82) is 5.26 Å². The van der Waals surface area contributed by atoms with Crippen LogP contribution in [0.15, 0.2) is 12.1 Å². The molecule has 5 nitrogen and oxygen atoms in total. The van der Waals surface area contributed by atoms with Gasteiger partial charge in [0.1, 0.15) is 0 Å². The summed E-state index contributed by atoms with van der Waals surface area (Å²) in [6.45, 7) is 1.62. The topological polar surface area (TPSA) is 82.2 Å². The Labute approximate surface area is 110 Å². The number of hydrazine groups is 1. The molecule has 0 atom stereocenters. The minimum absolute atomic E-state index is 0.249. The number of thiophene rings is 1. The van der Waals surface area contributed by atoms with Gasteiger partial charge in [-0.2, -0.15) is 5.26 Å². The average molecular weight is 264 g/mol. The first-order valence-corrected chi connectivity index (χ1v) is 6.77. The number of carbonyl (C=O) groups excluding carboxylic acids is 1. The van der Waals surface area contributed by atoms with Crippen molar-refractivity contribution >= 4 is 17.2 Å². The second-order valence-corrected chi connectivity index (χ2v) is 5.52. The minimum Gasteiger partial charge on any atom is -0.294 e. The molecule has 6 heteroatoms. The quantitative estimate of drug-likeness (QED) is 0.460. The third-order valence-electron chi connectivity index (χ3n) is 2.95. The van der Waals surface area contributed by atoms with Crippen LogP contribution >= 0.6 is 11.3 Å². The number of hydrogen-bond donors (Lipinski definition) is 2. The molecule has 1 aliphatic rings. The van der Waals surface area contributed by atoms with E-state index in [-0.39, 0.29) is 5.91 Å². The number of nitrogens with one attached hydrogen (secondary N) is 1. The second-order valence-electron chi connectivity index (χ2n) is 4.35. The van der Waals surface area contributed by atoms with E-state index in [9.17, 15) is 4.79 Å². The fourth-order valence-electron chi connectivity index (χ4n) is 1.88. The summed E-state index contributed by atoms with van der Waals surface area (Å²) in [6.07, 6.45) is 2.98. The van der Waals surface area contributed by atoms with Crippen molar-refractivity contribution in [2.75, 3.05) is 6.54 Å². The number of carbonyl (C=O) groups is 1. The maximum atomic E-state index is 11.3. The van der Waals surface area contributed by atoms with Crippen molar-refractivity contribution in [1.82, 2.24) is 10.3 Å². The highest BCUT2D eigenvalue weighted by atomic mass is 32.1. The summed E-state index contributed by atoms with van der Waals surface area (Å²) in [5.41, 5.74) is 2.13. The fraction of sp³-hybridized carbons (Fsp3) is 0.500. The lowest BCUT2D eigenvalue weighted by Crippen LogP contribution is -2.29. The Morgan fingerprint density at radius 3 is 3.00 bits per heavy atom. The van der Waals surface area contributed by atoms with E-state index in [1.807, 2.05) is 6.07 Å². The maximum Gasteiger partial charge on any atom is 0.275 e. The Balaban J connectivity index is 1.96. The first kappa shape index (κ1) is 13.0. The molecule has 0 radical (unpaired) electrons. The van der Waals surface area contributed by atoms with Crippen molar-refractivity contribution in [3.8, 4) is 6.07 Å². The number of nitrogen functional groups attached to an aromatic ring is 1. The van der Waals surface area contributed by atoms with Gasteiger partial charge in [0.25, 0.3) is 5.91 Å². The van der Waals surface area contributed by atoms with Crippen LogP contribution < -0.4 is 11.3 Å². The largest absolute Gasteiger partial charge is 0.294 e. The van der Waals surface area contributed by atoms with E-state index in [0.29, 0.717) is 17.3 Å². The Bertz CT molecular complexity index is 461. The molecule has 1 fully saturated rings. The molecule has 1 saturated carbocycles. The SMILES string of the molecule is N#CCCN(Cc1ccc(C(=O)NN)s1)C1CC1. The molecule has 1 aromatic rings. The van der Waals surface area contributed by atoms with Crippen LogP contribution in [0.2, 0.25) is 0 Å². The van der Waals surface area contributed by atoms with Gasteiger partial charge in [-0.15, -0.1) is 11.3 Å². The van der Waals surface area contributed by atoms with Crippen LogP contribution in [-0.2, 0) is 6.54 Å². The van der Waals surface area contributed by atoms with Crippen molar-refractivity contribution in [2.24, 2.45) is 5.84 Å². The monoisotopic (exact) mass is 264 g/mol. The molecule has 1 aromatic heterocycles. The van der Waals surface area contributed by atoms with Crippen LogP contribution in [0, 0.1) is 11.3 Å². The van der Waals surface area contributed by atoms with E-state index in [2.05, 4.69) is 16.4 Å². The molecule has 2 rings (SSSR count). The molecule has 1 heterocycles. The standard InChI is InChI=1S/C12H16N4OS/c13-6-1-7-16(9-2-3-9)8-10-4-5-11(18-10)12(17)15-14/h4-5,9H,1-3,7-8,14H2,(H,15,17). The van der Waals surface area contributed by atoms with Gasteiger partial charge in [0.15, 0.2) is 0 Å². The van der Waals surface area contributed by atoms with Crippen molar-refractivity contribution in [3.63, 3.8) is 0 Å². The third kappa shape index (κ3) is 3.29. The van der Waals surface area contributed by atoms with Gasteiger partial charge in [-0.25, -0.2) is 5.84 Å². The summed E-state index contributed by atoms with van der Waals surface area (Å²) in [4.78, 5) is 15.4. The number of nitrogens with two attached hydrogens (primary N) is 1. The highest BCUT2D eigenvalue weighted by Crippen LogP contribution is 2.29. The molecule has 0 saturated heterocycles. The molecule has 0 unspecified atom stereocenters. The normalized spacial score (nSPS) is 14.5. The van der Waals surface area contributed by atoms with Crippen LogP contribution in [0.5, 0.6) is 0 Å². The zero-order chi connectivity index (χ0) is 13.0. The van der Waals surface area contributed by atoms with Gasteiger partial charge in [-0.3, -0.25) is 15.1 Å². The van der Waals surface area contributed by atoms with Crippen molar-refractivity contribution in [2.45, 2.75) is 31.8 Å². The Morgan fingerprint density at radius 1 is 1.61 bits per heavy atom. The van der Waals surface area contributed by atoms with Gasteiger partial charge in [0.2, 0.25) is 0 Å². The predicted molar refractivity (Wildman–Crippen MR) is 69.6 cm³/mol. The number of hydrogen-bond acceptors (Lipinski definition) is 5. The first-order chi connectivity index (χ1) is 8.74. The Kier molecular flexibility index (Phi) is 4.31. The third-order valence-corrected chi connectivity index (χ3v) is 4.02. The number of nitriles is 1. The van der Waals surface area contributed by atoms with Crippen LogP contribution in [0.25, 0.3) is 0 Å². The van der Waals surface area contributed by atoms with Gasteiger partial charge < -0.3 is 0 Å². The zero-order valence-electron chi connectivity index (χ0n) is 10.1. The first-order valence-electron chi connectivity index (χ1n) is 5.95. The molecule has 0 aromatic carbocycles. The van der Waals surface area contributed by atoms with Gasteiger partial charge in [-0.1, -0.05) is 0 Å². The van der Waals surface area contributed by atoms with Gasteiger partial charge in [-0.05, 0) is 25.0 Å². The number of rotatable bonds is 6. The Morgan fingerprint density at radius 2 is 2.39 bits per heavy atom. The lowest BCUT2D eigenvalue weighted by molar-refractivity contribution is 0.0957. The molecule has 1 aliphatic carbocycles. The average Bonchev–Trinajstić information content (AvgIpc) is 3.13. The van der Waals surface area contributed by atoms with Crippen LogP contribution in [-0.4, -0.2) is 23.4 Å². The summed E-state index contributed by atoms with van der Waals surface area (Å²) in [5, 5.41) is 8.65. The minimum atomic E-state index is -0.249. The van der Waals surface area contributed by atoms with E-state index in [1.165, 1.54) is 24.2 Å². The molecule has 0 aliphatic heterocycles. The Hall–Kier alpha value is -1.42. The van der Waals surface area contributed by atoms with E-state index >= 15 is 0 Å². The van der Waals surface area contributed by atoms with Gasteiger partial charge in [0, 0.05) is 30.4 Å². The second kappa shape index (κ2) is 5.96. The van der Waals surface area contributed by atoms with Crippen molar-refractivity contribution < 1.29 is 4.79 Å². The summed E-state index contributed by atoms with van der Waals surface area (Å²) in [7, 11) is 0. The van der Waals surface area contributed by atoms with Crippen LogP contribution in [0.1, 0.15) is 33.8 Å². The molecule has 0 spiro atoms. The molecular formula is C12H16N4OS.